The number of benzene rings is 2. The van der Waals surface area contributed by atoms with Crippen molar-refractivity contribution in [3.63, 3.8) is 0 Å². The monoisotopic (exact) mass is 352 g/mol. The molecule has 0 atom stereocenters. The summed E-state index contributed by atoms with van der Waals surface area (Å²) in [4.78, 5) is 12.1. The molecule has 0 saturated carbocycles. The molecule has 0 spiro atoms. The number of amides is 1. The third-order valence-electron chi connectivity index (χ3n) is 2.83. The van der Waals surface area contributed by atoms with Crippen molar-refractivity contribution < 1.29 is 13.6 Å². The second-order valence-corrected chi connectivity index (χ2v) is 5.23. The zero-order valence-corrected chi connectivity index (χ0v) is 12.9. The maximum atomic E-state index is 13.6. The van der Waals surface area contributed by atoms with E-state index in [0.29, 0.717) is 5.02 Å². The van der Waals surface area contributed by atoms with Gasteiger partial charge in [-0.3, -0.25) is 4.79 Å². The molecule has 0 radical (unpaired) electrons. The Bertz CT molecular complexity index is 824. The Labute approximate surface area is 140 Å². The summed E-state index contributed by atoms with van der Waals surface area (Å²) >= 11 is 11.7. The number of halogens is 4. The Morgan fingerprint density at radius 1 is 1.17 bits per heavy atom. The van der Waals surface area contributed by atoms with Crippen molar-refractivity contribution in [3.8, 4) is 6.07 Å². The molecule has 1 amide bonds. The highest BCUT2D eigenvalue weighted by Gasteiger charge is 2.14. The molecule has 0 aromatic heterocycles. The highest BCUT2D eigenvalue weighted by molar-refractivity contribution is 6.36. The third kappa shape index (κ3) is 4.07. The van der Waals surface area contributed by atoms with Crippen molar-refractivity contribution in [1.82, 2.24) is 0 Å². The lowest BCUT2D eigenvalue weighted by molar-refractivity contribution is -0.112. The first-order valence-corrected chi connectivity index (χ1v) is 7.00. The van der Waals surface area contributed by atoms with Gasteiger partial charge in [0.25, 0.3) is 5.91 Å². The number of carbonyl (C=O) groups is 1. The van der Waals surface area contributed by atoms with E-state index in [-0.39, 0.29) is 10.7 Å². The second kappa shape index (κ2) is 7.23. The summed E-state index contributed by atoms with van der Waals surface area (Å²) in [5.74, 6) is -2.63. The summed E-state index contributed by atoms with van der Waals surface area (Å²) in [5.41, 5.74) is -0.777. The molecule has 0 unspecified atom stereocenters. The van der Waals surface area contributed by atoms with E-state index in [2.05, 4.69) is 5.32 Å². The van der Waals surface area contributed by atoms with E-state index in [1.54, 1.807) is 6.07 Å². The highest BCUT2D eigenvalue weighted by atomic mass is 35.5. The molecule has 0 heterocycles. The molecular formula is C16H8Cl2F2N2O. The Balaban J connectivity index is 2.34. The third-order valence-corrected chi connectivity index (χ3v) is 3.39. The highest BCUT2D eigenvalue weighted by Crippen LogP contribution is 2.26. The number of nitriles is 1. The van der Waals surface area contributed by atoms with Crippen LogP contribution >= 0.6 is 23.2 Å². The number of carbonyl (C=O) groups excluding carboxylic acids is 1. The molecule has 0 bridgehead atoms. The number of hydrogen-bond acceptors (Lipinski definition) is 2. The first kappa shape index (κ1) is 16.9. The lowest BCUT2D eigenvalue weighted by Crippen LogP contribution is -2.14. The van der Waals surface area contributed by atoms with Crippen LogP contribution in [-0.4, -0.2) is 5.91 Å². The standard InChI is InChI=1S/C16H8Cl2F2N2O/c17-10-4-5-12(18)15(7-10)22-16(23)9(8-21)6-11-13(19)2-1-3-14(11)20/h1-7H,(H,22,23)/b9-6+. The Hall–Kier alpha value is -2.42. The molecule has 1 N–H and O–H groups in total. The molecule has 0 aliphatic carbocycles. The molecule has 0 aliphatic rings. The average Bonchev–Trinajstić information content (AvgIpc) is 2.50. The van der Waals surface area contributed by atoms with Crippen molar-refractivity contribution in [2.45, 2.75) is 0 Å². The van der Waals surface area contributed by atoms with Gasteiger partial charge in [0.1, 0.15) is 23.3 Å². The molecule has 116 valence electrons. The quantitative estimate of drug-likeness (QED) is 0.636. The number of nitrogens with one attached hydrogen (secondary N) is 1. The fourth-order valence-corrected chi connectivity index (χ4v) is 2.06. The van der Waals surface area contributed by atoms with Crippen molar-refractivity contribution in [1.29, 1.82) is 5.26 Å². The molecule has 2 aromatic rings. The molecule has 0 aliphatic heterocycles. The van der Waals surface area contributed by atoms with Crippen molar-refractivity contribution >= 4 is 40.9 Å². The van der Waals surface area contributed by atoms with Gasteiger partial charge in [-0.15, -0.1) is 0 Å². The number of hydrogen-bond donors (Lipinski definition) is 1. The zero-order chi connectivity index (χ0) is 17.0. The smallest absolute Gasteiger partial charge is 0.266 e. The topological polar surface area (TPSA) is 52.9 Å². The fraction of sp³-hybridized carbons (Fsp3) is 0. The van der Waals surface area contributed by atoms with Crippen LogP contribution in [0.1, 0.15) is 5.56 Å². The lowest BCUT2D eigenvalue weighted by Gasteiger charge is -2.07. The summed E-state index contributed by atoms with van der Waals surface area (Å²) in [5, 5.41) is 12.0. The maximum Gasteiger partial charge on any atom is 0.266 e. The van der Waals surface area contributed by atoms with Crippen molar-refractivity contribution in [2.24, 2.45) is 0 Å². The van der Waals surface area contributed by atoms with E-state index in [4.69, 9.17) is 28.5 Å². The largest absolute Gasteiger partial charge is 0.320 e. The van der Waals surface area contributed by atoms with Gasteiger partial charge in [-0.25, -0.2) is 8.78 Å². The van der Waals surface area contributed by atoms with Gasteiger partial charge in [0.05, 0.1) is 10.7 Å². The molecule has 7 heteroatoms. The zero-order valence-electron chi connectivity index (χ0n) is 11.4. The fourth-order valence-electron chi connectivity index (χ4n) is 1.72. The van der Waals surface area contributed by atoms with E-state index in [1.807, 2.05) is 0 Å². The molecule has 2 aromatic carbocycles. The van der Waals surface area contributed by atoms with Crippen molar-refractivity contribution in [3.05, 3.63) is 69.2 Å². The molecule has 0 saturated heterocycles. The molecule has 23 heavy (non-hydrogen) atoms. The molecule has 2 rings (SSSR count). The summed E-state index contributed by atoms with van der Waals surface area (Å²) in [6, 6.07) is 9.20. The van der Waals surface area contributed by atoms with Crippen LogP contribution in [0.15, 0.2) is 42.0 Å². The number of nitrogens with zero attached hydrogens (tertiary/aromatic N) is 1. The minimum Gasteiger partial charge on any atom is -0.320 e. The predicted octanol–water partition coefficient (Wildman–Crippen LogP) is 4.82. The van der Waals surface area contributed by atoms with Gasteiger partial charge in [-0.1, -0.05) is 29.3 Å². The van der Waals surface area contributed by atoms with Crippen LogP contribution in [-0.2, 0) is 4.79 Å². The van der Waals surface area contributed by atoms with Gasteiger partial charge in [0.2, 0.25) is 0 Å². The van der Waals surface area contributed by atoms with Gasteiger partial charge < -0.3 is 5.32 Å². The number of anilines is 1. The van der Waals surface area contributed by atoms with Crippen LogP contribution in [0.3, 0.4) is 0 Å². The van der Waals surface area contributed by atoms with Crippen LogP contribution in [0, 0.1) is 23.0 Å². The number of rotatable bonds is 3. The Morgan fingerprint density at radius 3 is 2.43 bits per heavy atom. The maximum absolute atomic E-state index is 13.6. The van der Waals surface area contributed by atoms with E-state index in [9.17, 15) is 13.6 Å². The van der Waals surface area contributed by atoms with Gasteiger partial charge in [0, 0.05) is 10.6 Å². The summed E-state index contributed by atoms with van der Waals surface area (Å²) < 4.78 is 27.2. The molecule has 3 nitrogen and oxygen atoms in total. The van der Waals surface area contributed by atoms with Crippen LogP contribution in [0.4, 0.5) is 14.5 Å². The minimum atomic E-state index is -0.883. The Kier molecular flexibility index (Phi) is 5.32. The normalized spacial score (nSPS) is 11.0. The SMILES string of the molecule is N#C/C(=C\c1c(F)cccc1F)C(=O)Nc1cc(Cl)ccc1Cl. The summed E-state index contributed by atoms with van der Waals surface area (Å²) in [7, 11) is 0. The minimum absolute atomic E-state index is 0.180. The van der Waals surface area contributed by atoms with Gasteiger partial charge >= 0.3 is 0 Å². The lowest BCUT2D eigenvalue weighted by atomic mass is 10.1. The first-order valence-electron chi connectivity index (χ1n) is 6.24. The average molecular weight is 353 g/mol. The van der Waals surface area contributed by atoms with E-state index < -0.39 is 28.7 Å². The summed E-state index contributed by atoms with van der Waals surface area (Å²) in [6.45, 7) is 0. The van der Waals surface area contributed by atoms with Crippen LogP contribution < -0.4 is 5.32 Å². The van der Waals surface area contributed by atoms with Crippen LogP contribution in [0.25, 0.3) is 6.08 Å². The van der Waals surface area contributed by atoms with E-state index in [0.717, 1.165) is 18.2 Å². The Morgan fingerprint density at radius 2 is 1.83 bits per heavy atom. The second-order valence-electron chi connectivity index (χ2n) is 4.38. The van der Waals surface area contributed by atoms with Crippen LogP contribution in [0.2, 0.25) is 10.0 Å². The van der Waals surface area contributed by atoms with Gasteiger partial charge in [0.15, 0.2) is 0 Å². The van der Waals surface area contributed by atoms with E-state index >= 15 is 0 Å². The first-order chi connectivity index (χ1) is 10.9. The van der Waals surface area contributed by atoms with Crippen LogP contribution in [0.5, 0.6) is 0 Å². The van der Waals surface area contributed by atoms with E-state index in [1.165, 1.54) is 24.3 Å². The molecule has 0 fully saturated rings. The molecular weight excluding hydrogens is 345 g/mol. The summed E-state index contributed by atoms with van der Waals surface area (Å²) in [6.07, 6.45) is 0.832. The van der Waals surface area contributed by atoms with Gasteiger partial charge in [-0.2, -0.15) is 5.26 Å². The van der Waals surface area contributed by atoms with Crippen molar-refractivity contribution in [2.75, 3.05) is 5.32 Å². The van der Waals surface area contributed by atoms with Gasteiger partial charge in [-0.05, 0) is 36.4 Å². The predicted molar refractivity (Wildman–Crippen MR) is 85.0 cm³/mol.